The molecule has 2 unspecified atom stereocenters. The fourth-order valence-corrected chi connectivity index (χ4v) is 5.19. The molecule has 2 atom stereocenters. The normalized spacial score (nSPS) is 25.6. The minimum atomic E-state index is -0.287. The molecule has 2 heterocycles. The Balaban J connectivity index is 1.90. The molecule has 1 aromatic heterocycles. The number of nitrogens with zero attached hydrogens (tertiary/aromatic N) is 2. The molecule has 6 heteroatoms. The molecule has 2 fully saturated rings. The monoisotopic (exact) mass is 324 g/mol. The fraction of sp³-hybridized carbons (Fsp3) is 0.667. The van der Waals surface area contributed by atoms with Crippen LogP contribution >= 0.6 is 23.5 Å². The van der Waals surface area contributed by atoms with Crippen molar-refractivity contribution in [2.45, 2.75) is 43.1 Å². The van der Waals surface area contributed by atoms with E-state index in [0.29, 0.717) is 28.6 Å². The fourth-order valence-electron chi connectivity index (χ4n) is 2.50. The molecule has 1 aliphatic carbocycles. The van der Waals surface area contributed by atoms with Crippen molar-refractivity contribution in [1.82, 2.24) is 9.97 Å². The Kier molecular flexibility index (Phi) is 4.74. The quantitative estimate of drug-likeness (QED) is 0.791. The van der Waals surface area contributed by atoms with Crippen LogP contribution < -0.4 is 0 Å². The topological polar surface area (TPSA) is 52.1 Å². The average Bonchev–Trinajstić information content (AvgIpc) is 3.32. The summed E-state index contributed by atoms with van der Waals surface area (Å²) in [4.78, 5) is 21.3. The number of esters is 1. The van der Waals surface area contributed by atoms with Crippen molar-refractivity contribution in [1.29, 1.82) is 0 Å². The molecule has 4 nitrogen and oxygen atoms in total. The second-order valence-corrected chi connectivity index (χ2v) is 8.12. The van der Waals surface area contributed by atoms with Crippen molar-refractivity contribution in [2.24, 2.45) is 0 Å². The Morgan fingerprint density at radius 3 is 2.81 bits per heavy atom. The first-order valence-corrected chi connectivity index (χ1v) is 9.57. The van der Waals surface area contributed by atoms with E-state index in [1.165, 1.54) is 5.75 Å². The van der Waals surface area contributed by atoms with Gasteiger partial charge in [-0.3, -0.25) is 0 Å². The molecule has 0 amide bonds. The predicted molar refractivity (Wildman–Crippen MR) is 87.1 cm³/mol. The first kappa shape index (κ1) is 15.2. The van der Waals surface area contributed by atoms with Crippen molar-refractivity contribution in [3.63, 3.8) is 0 Å². The number of carbonyl (C=O) groups excluding carboxylic acids is 1. The van der Waals surface area contributed by atoms with E-state index in [2.05, 4.69) is 11.9 Å². The molecule has 1 aromatic rings. The summed E-state index contributed by atoms with van der Waals surface area (Å²) in [5, 5.41) is 0.849. The van der Waals surface area contributed by atoms with Gasteiger partial charge in [0.1, 0.15) is 5.82 Å². The second-order valence-electron chi connectivity index (χ2n) is 5.39. The molecule has 1 aliphatic heterocycles. The number of ether oxygens (including phenoxy) is 1. The van der Waals surface area contributed by atoms with Crippen molar-refractivity contribution < 1.29 is 9.53 Å². The third-order valence-corrected chi connectivity index (χ3v) is 6.83. The lowest BCUT2D eigenvalue weighted by atomic mass is 10.1. The first-order valence-electron chi connectivity index (χ1n) is 7.48. The van der Waals surface area contributed by atoms with E-state index in [4.69, 9.17) is 9.72 Å². The number of hydrogen-bond acceptors (Lipinski definition) is 6. The van der Waals surface area contributed by atoms with Crippen molar-refractivity contribution >= 4 is 29.5 Å². The van der Waals surface area contributed by atoms with Gasteiger partial charge in [-0.05, 0) is 19.8 Å². The summed E-state index contributed by atoms with van der Waals surface area (Å²) in [7, 11) is 0. The zero-order valence-electron chi connectivity index (χ0n) is 12.4. The van der Waals surface area contributed by atoms with Crippen LogP contribution in [-0.4, -0.2) is 39.3 Å². The van der Waals surface area contributed by atoms with Crippen LogP contribution in [0.15, 0.2) is 6.20 Å². The third-order valence-electron chi connectivity index (χ3n) is 3.74. The number of thioether (sulfide) groups is 2. The SMILES string of the molecule is CCOC(=O)c1cnc(C2SCCSC2C)nc1C1CC1. The molecule has 1 saturated heterocycles. The zero-order chi connectivity index (χ0) is 14.8. The van der Waals surface area contributed by atoms with Crippen molar-refractivity contribution in [2.75, 3.05) is 18.1 Å². The standard InChI is InChI=1S/C15H20N2O2S2/c1-3-19-15(18)11-8-16-14(17-12(11)10-4-5-10)13-9(2)20-6-7-21-13/h8-10,13H,3-7H2,1-2H3. The Labute approximate surface area is 133 Å². The molecule has 21 heavy (non-hydrogen) atoms. The largest absolute Gasteiger partial charge is 0.462 e. The second kappa shape index (κ2) is 6.57. The van der Waals surface area contributed by atoms with Crippen LogP contribution in [-0.2, 0) is 4.74 Å². The highest BCUT2D eigenvalue weighted by Crippen LogP contribution is 2.44. The lowest BCUT2D eigenvalue weighted by molar-refractivity contribution is 0.0523. The summed E-state index contributed by atoms with van der Waals surface area (Å²) >= 11 is 3.90. The Morgan fingerprint density at radius 2 is 2.14 bits per heavy atom. The molecule has 0 spiro atoms. The van der Waals surface area contributed by atoms with Gasteiger partial charge < -0.3 is 4.74 Å². The smallest absolute Gasteiger partial charge is 0.341 e. The molecule has 0 aromatic carbocycles. The van der Waals surface area contributed by atoms with Gasteiger partial charge in [0, 0.05) is 28.9 Å². The van der Waals surface area contributed by atoms with Gasteiger partial charge in [0.05, 0.1) is 23.1 Å². The summed E-state index contributed by atoms with van der Waals surface area (Å²) in [6.45, 7) is 4.44. The van der Waals surface area contributed by atoms with E-state index in [0.717, 1.165) is 30.1 Å². The van der Waals surface area contributed by atoms with Crippen LogP contribution in [0.25, 0.3) is 0 Å². The lowest BCUT2D eigenvalue weighted by Crippen LogP contribution is -2.20. The number of carbonyl (C=O) groups is 1. The van der Waals surface area contributed by atoms with Gasteiger partial charge in [0.2, 0.25) is 0 Å². The molecule has 0 bridgehead atoms. The third kappa shape index (κ3) is 3.37. The predicted octanol–water partition coefficient (Wildman–Crippen LogP) is 3.44. The van der Waals surface area contributed by atoms with Crippen LogP contribution in [0.5, 0.6) is 0 Å². The molecule has 1 saturated carbocycles. The Bertz CT molecular complexity index is 534. The van der Waals surface area contributed by atoms with Gasteiger partial charge >= 0.3 is 5.97 Å². The van der Waals surface area contributed by atoms with E-state index in [-0.39, 0.29) is 5.97 Å². The summed E-state index contributed by atoms with van der Waals surface area (Å²) < 4.78 is 5.12. The van der Waals surface area contributed by atoms with Gasteiger partial charge in [-0.15, -0.1) is 11.8 Å². The van der Waals surface area contributed by atoms with E-state index in [1.807, 2.05) is 30.4 Å². The molecular formula is C15H20N2O2S2. The van der Waals surface area contributed by atoms with Gasteiger partial charge in [-0.25, -0.2) is 14.8 Å². The maximum absolute atomic E-state index is 12.0. The molecule has 2 aliphatic rings. The van der Waals surface area contributed by atoms with E-state index in [1.54, 1.807) is 6.20 Å². The van der Waals surface area contributed by atoms with Crippen LogP contribution in [0.1, 0.15) is 59.7 Å². The number of hydrogen-bond donors (Lipinski definition) is 0. The summed E-state index contributed by atoms with van der Waals surface area (Å²) in [5.41, 5.74) is 1.46. The summed E-state index contributed by atoms with van der Waals surface area (Å²) in [6.07, 6.45) is 3.91. The van der Waals surface area contributed by atoms with Crippen LogP contribution in [0.2, 0.25) is 0 Å². The highest BCUT2D eigenvalue weighted by Gasteiger charge is 2.33. The number of aromatic nitrogens is 2. The van der Waals surface area contributed by atoms with Gasteiger partial charge in [0.25, 0.3) is 0 Å². The Morgan fingerprint density at radius 1 is 1.38 bits per heavy atom. The van der Waals surface area contributed by atoms with Crippen molar-refractivity contribution in [3.8, 4) is 0 Å². The molecule has 0 N–H and O–H groups in total. The molecule has 0 radical (unpaired) electrons. The minimum Gasteiger partial charge on any atom is -0.462 e. The Hall–Kier alpha value is -0.750. The van der Waals surface area contributed by atoms with Crippen LogP contribution in [0.4, 0.5) is 0 Å². The van der Waals surface area contributed by atoms with Crippen LogP contribution in [0.3, 0.4) is 0 Å². The van der Waals surface area contributed by atoms with E-state index < -0.39 is 0 Å². The zero-order valence-corrected chi connectivity index (χ0v) is 14.0. The number of rotatable bonds is 4. The minimum absolute atomic E-state index is 0.287. The highest BCUT2D eigenvalue weighted by molar-refractivity contribution is 8.06. The maximum atomic E-state index is 12.0. The average molecular weight is 324 g/mol. The van der Waals surface area contributed by atoms with Gasteiger partial charge in [0.15, 0.2) is 0 Å². The summed E-state index contributed by atoms with van der Waals surface area (Å²) in [5.74, 6) is 3.35. The molecule has 114 valence electrons. The highest BCUT2D eigenvalue weighted by atomic mass is 32.2. The van der Waals surface area contributed by atoms with Gasteiger partial charge in [-0.2, -0.15) is 11.8 Å². The van der Waals surface area contributed by atoms with E-state index >= 15 is 0 Å². The molecule has 3 rings (SSSR count). The first-order chi connectivity index (χ1) is 10.2. The van der Waals surface area contributed by atoms with Crippen molar-refractivity contribution in [3.05, 3.63) is 23.3 Å². The van der Waals surface area contributed by atoms with Crippen LogP contribution in [0, 0.1) is 0 Å². The molecular weight excluding hydrogens is 304 g/mol. The van der Waals surface area contributed by atoms with E-state index in [9.17, 15) is 4.79 Å². The lowest BCUT2D eigenvalue weighted by Gasteiger charge is -2.27. The summed E-state index contributed by atoms with van der Waals surface area (Å²) in [6, 6.07) is 0. The maximum Gasteiger partial charge on any atom is 0.341 e. The van der Waals surface area contributed by atoms with Gasteiger partial charge in [-0.1, -0.05) is 6.92 Å².